The van der Waals surface area contributed by atoms with Gasteiger partial charge in [0.15, 0.2) is 29.3 Å². The summed E-state index contributed by atoms with van der Waals surface area (Å²) in [4.78, 5) is 48.8. The summed E-state index contributed by atoms with van der Waals surface area (Å²) in [6.45, 7) is 4.29. The van der Waals surface area contributed by atoms with E-state index in [1.165, 1.54) is 12.7 Å². The van der Waals surface area contributed by atoms with E-state index in [2.05, 4.69) is 39.4 Å². The van der Waals surface area contributed by atoms with Gasteiger partial charge in [-0.2, -0.15) is 0 Å². The predicted molar refractivity (Wildman–Crippen MR) is 269 cm³/mol. The number of hydrogen-bond acceptors (Lipinski definition) is 14. The number of amides is 1. The van der Waals surface area contributed by atoms with Crippen LogP contribution in [0.4, 0.5) is 28.4 Å². The highest BCUT2D eigenvalue weighted by molar-refractivity contribution is 6.11. The number of carbonyl (C=O) groups is 3. The normalized spacial score (nSPS) is 13.8. The van der Waals surface area contributed by atoms with E-state index in [4.69, 9.17) is 38.2 Å². The number of nitrogens with zero attached hydrogens (tertiary/aromatic N) is 4. The molecule has 1 amide bonds. The van der Waals surface area contributed by atoms with Gasteiger partial charge in [-0.25, -0.2) is 0 Å². The maximum absolute atomic E-state index is 14.0. The molecular formula is C54H63N5O10. The van der Waals surface area contributed by atoms with E-state index < -0.39 is 0 Å². The van der Waals surface area contributed by atoms with Crippen LogP contribution in [0.25, 0.3) is 0 Å². The van der Waals surface area contributed by atoms with Crippen LogP contribution < -0.4 is 39.0 Å². The van der Waals surface area contributed by atoms with E-state index in [0.29, 0.717) is 111 Å². The van der Waals surface area contributed by atoms with Crippen molar-refractivity contribution in [2.24, 2.45) is 4.99 Å². The predicted octanol–water partition coefficient (Wildman–Crippen LogP) is 8.15. The standard InChI is InChI=1S/C54H63N5O10/c1-55-47-33-53(51(65-5)31-45(47)54(62)59-18-16-40-12-6-9-15-49(40)59)69-37-39-26-38(27-43(28-39)58(17-10-11-20-60)19-21-66-24-25-67-23-22-63-3)36-68-52-32-46(42(35-61)30-50(52)64-4)56-34-44-29-41-13-7-8-14-48(41)57(44)2/h6-9,12-15,20,26-28,30-35,44,55H,10-11,16-19,21-25,29,36-37H2,1-5H3. The molecule has 0 aromatic heterocycles. The van der Waals surface area contributed by atoms with Gasteiger partial charge in [0.05, 0.1) is 70.2 Å². The topological polar surface area (TPSA) is 150 Å². The molecule has 15 heteroatoms. The van der Waals surface area contributed by atoms with Crippen LogP contribution in [-0.2, 0) is 45.1 Å². The fourth-order valence-corrected chi connectivity index (χ4v) is 8.63. The first-order valence-corrected chi connectivity index (χ1v) is 23.3. The smallest absolute Gasteiger partial charge is 0.260 e. The van der Waals surface area contributed by atoms with Crippen molar-refractivity contribution in [3.05, 3.63) is 124 Å². The minimum absolute atomic E-state index is 0.0178. The highest BCUT2D eigenvalue weighted by Gasteiger charge is 2.29. The largest absolute Gasteiger partial charge is 0.493 e. The Hall–Kier alpha value is -6.94. The van der Waals surface area contributed by atoms with E-state index in [9.17, 15) is 14.4 Å². The first kappa shape index (κ1) is 50.0. The second-order valence-electron chi connectivity index (χ2n) is 16.7. The summed E-state index contributed by atoms with van der Waals surface area (Å²) in [6.07, 6.45) is 6.21. The Bertz CT molecular complexity index is 2570. The first-order valence-electron chi connectivity index (χ1n) is 23.3. The van der Waals surface area contributed by atoms with Gasteiger partial charge < -0.3 is 58.0 Å². The Balaban J connectivity index is 1.15. The van der Waals surface area contributed by atoms with Gasteiger partial charge >= 0.3 is 0 Å². The molecule has 1 unspecified atom stereocenters. The zero-order valence-corrected chi connectivity index (χ0v) is 40.2. The van der Waals surface area contributed by atoms with Crippen LogP contribution in [-0.4, -0.2) is 119 Å². The quantitative estimate of drug-likeness (QED) is 0.0307. The van der Waals surface area contributed by atoms with Crippen LogP contribution in [0.15, 0.2) is 96.0 Å². The number of ether oxygens (including phenoxy) is 7. The molecule has 15 nitrogen and oxygen atoms in total. The number of nitrogens with one attached hydrogen (secondary N) is 1. The molecule has 2 heterocycles. The lowest BCUT2D eigenvalue weighted by Crippen LogP contribution is -2.29. The molecule has 0 saturated heterocycles. The molecule has 2 aliphatic rings. The fourth-order valence-electron chi connectivity index (χ4n) is 8.63. The van der Waals surface area contributed by atoms with Crippen molar-refractivity contribution in [1.82, 2.24) is 0 Å². The van der Waals surface area contributed by atoms with Gasteiger partial charge in [0, 0.05) is 88.2 Å². The van der Waals surface area contributed by atoms with Crippen molar-refractivity contribution >= 4 is 53.1 Å². The number of unbranched alkanes of at least 4 members (excludes halogenated alkanes) is 1. The van der Waals surface area contributed by atoms with E-state index >= 15 is 0 Å². The van der Waals surface area contributed by atoms with Gasteiger partial charge in [0.25, 0.3) is 5.91 Å². The summed E-state index contributed by atoms with van der Waals surface area (Å²) in [7, 11) is 8.54. The Kier molecular flexibility index (Phi) is 18.0. The first-order chi connectivity index (χ1) is 33.8. The molecular weight excluding hydrogens is 879 g/mol. The number of aldehydes is 2. The molecule has 0 fully saturated rings. The average Bonchev–Trinajstić information content (AvgIpc) is 3.96. The number of hydrogen-bond donors (Lipinski definition) is 1. The summed E-state index contributed by atoms with van der Waals surface area (Å²) in [6, 6.07) is 29.3. The maximum atomic E-state index is 14.0. The Labute approximate surface area is 404 Å². The van der Waals surface area contributed by atoms with Gasteiger partial charge in [0.1, 0.15) is 19.5 Å². The zero-order chi connectivity index (χ0) is 48.5. The van der Waals surface area contributed by atoms with E-state index in [-0.39, 0.29) is 25.2 Å². The minimum Gasteiger partial charge on any atom is -0.493 e. The molecule has 0 saturated carbocycles. The number of aliphatic imine (C=N–C) groups is 1. The number of rotatable bonds is 27. The van der Waals surface area contributed by atoms with Crippen molar-refractivity contribution in [2.75, 3.05) is 108 Å². The van der Waals surface area contributed by atoms with Gasteiger partial charge in [-0.05, 0) is 84.0 Å². The van der Waals surface area contributed by atoms with Gasteiger partial charge in [-0.1, -0.05) is 36.4 Å². The Morgan fingerprint density at radius 3 is 2.12 bits per heavy atom. The average molecular weight is 942 g/mol. The summed E-state index contributed by atoms with van der Waals surface area (Å²) in [5.41, 5.74) is 8.89. The van der Waals surface area contributed by atoms with Crippen LogP contribution in [0.3, 0.4) is 0 Å². The third-order valence-electron chi connectivity index (χ3n) is 12.3. The number of methoxy groups -OCH3 is 3. The lowest BCUT2D eigenvalue weighted by molar-refractivity contribution is -0.107. The molecule has 2 aliphatic heterocycles. The number of anilines is 4. The Morgan fingerprint density at radius 2 is 1.43 bits per heavy atom. The SMILES string of the molecule is CNc1cc(OCc2cc(COc3cc(N=CC4Cc5ccccc5N4C)c(C=O)cc3OC)cc(N(CCCC=O)CCOCCOCCOC)c2)c(OC)cc1C(=O)N1CCc2ccccc21. The van der Waals surface area contributed by atoms with E-state index in [1.54, 1.807) is 50.4 Å². The Morgan fingerprint density at radius 1 is 0.768 bits per heavy atom. The molecule has 0 aliphatic carbocycles. The molecule has 69 heavy (non-hydrogen) atoms. The van der Waals surface area contributed by atoms with E-state index in [0.717, 1.165) is 59.2 Å². The van der Waals surface area contributed by atoms with E-state index in [1.807, 2.05) is 55.7 Å². The van der Waals surface area contributed by atoms with Gasteiger partial charge in [-0.15, -0.1) is 0 Å². The van der Waals surface area contributed by atoms with Gasteiger partial charge in [-0.3, -0.25) is 14.6 Å². The van der Waals surface area contributed by atoms with Crippen LogP contribution >= 0.6 is 0 Å². The monoisotopic (exact) mass is 941 g/mol. The molecule has 1 atom stereocenters. The molecule has 5 aromatic rings. The van der Waals surface area contributed by atoms with Crippen molar-refractivity contribution in [2.45, 2.75) is 44.9 Å². The lowest BCUT2D eigenvalue weighted by atomic mass is 10.1. The second kappa shape index (κ2) is 24.9. The number of benzene rings is 5. The number of carbonyl (C=O) groups excluding carboxylic acids is 3. The summed E-state index contributed by atoms with van der Waals surface area (Å²) in [5.74, 6) is 1.54. The third-order valence-corrected chi connectivity index (χ3v) is 12.3. The van der Waals surface area contributed by atoms with Crippen LogP contribution in [0.5, 0.6) is 23.0 Å². The number of likely N-dealkylation sites (N-methyl/N-ethyl adjacent to an activating group) is 1. The third kappa shape index (κ3) is 12.6. The second-order valence-corrected chi connectivity index (χ2v) is 16.7. The fraction of sp³-hybridized carbons (Fsp3) is 0.370. The number of fused-ring (bicyclic) bond motifs is 2. The zero-order valence-electron chi connectivity index (χ0n) is 40.2. The highest BCUT2D eigenvalue weighted by atomic mass is 16.5. The van der Waals surface area contributed by atoms with Gasteiger partial charge in [0.2, 0.25) is 0 Å². The molecule has 1 N–H and O–H groups in total. The molecule has 0 spiro atoms. The molecule has 364 valence electrons. The molecule has 7 rings (SSSR count). The summed E-state index contributed by atoms with van der Waals surface area (Å²) in [5, 5.41) is 3.20. The van der Waals surface area contributed by atoms with Crippen molar-refractivity contribution < 1.29 is 47.5 Å². The maximum Gasteiger partial charge on any atom is 0.260 e. The van der Waals surface area contributed by atoms with Crippen molar-refractivity contribution in [3.63, 3.8) is 0 Å². The van der Waals surface area contributed by atoms with Crippen molar-refractivity contribution in [3.8, 4) is 23.0 Å². The van der Waals surface area contributed by atoms with Crippen molar-refractivity contribution in [1.29, 1.82) is 0 Å². The lowest BCUT2D eigenvalue weighted by Gasteiger charge is -2.26. The molecule has 0 radical (unpaired) electrons. The molecule has 5 aromatic carbocycles. The summed E-state index contributed by atoms with van der Waals surface area (Å²) >= 11 is 0. The summed E-state index contributed by atoms with van der Waals surface area (Å²) < 4.78 is 41.2. The molecule has 0 bridgehead atoms. The van der Waals surface area contributed by atoms with Crippen LogP contribution in [0.2, 0.25) is 0 Å². The van der Waals surface area contributed by atoms with Crippen LogP contribution in [0, 0.1) is 0 Å². The highest BCUT2D eigenvalue weighted by Crippen LogP contribution is 2.39. The van der Waals surface area contributed by atoms with Crippen LogP contribution in [0.1, 0.15) is 55.8 Å². The minimum atomic E-state index is -0.132. The number of para-hydroxylation sites is 2.